The molecule has 2 aromatic carbocycles. The molecular formula is C17H19FN2O4S. The van der Waals surface area contributed by atoms with E-state index in [0.29, 0.717) is 18.5 Å². The van der Waals surface area contributed by atoms with Crippen molar-refractivity contribution < 1.29 is 22.4 Å². The lowest BCUT2D eigenvalue weighted by molar-refractivity contribution is -0.0258. The van der Waals surface area contributed by atoms with Crippen LogP contribution in [0.15, 0.2) is 53.4 Å². The molecule has 8 heteroatoms. The van der Waals surface area contributed by atoms with Gasteiger partial charge in [0.15, 0.2) is 0 Å². The lowest BCUT2D eigenvalue weighted by Gasteiger charge is -2.14. The van der Waals surface area contributed by atoms with Crippen LogP contribution in [0.25, 0.3) is 0 Å². The first-order chi connectivity index (χ1) is 11.8. The Morgan fingerprint density at radius 2 is 1.88 bits per heavy atom. The van der Waals surface area contributed by atoms with Crippen molar-refractivity contribution in [2.45, 2.75) is 11.3 Å². The summed E-state index contributed by atoms with van der Waals surface area (Å²) in [5, 5.41) is 2.71. The summed E-state index contributed by atoms with van der Waals surface area (Å²) in [5.74, 6) is -0.651. The zero-order valence-corrected chi connectivity index (χ0v) is 14.7. The normalized spacial score (nSPS) is 11.5. The first kappa shape index (κ1) is 19.0. The zero-order chi connectivity index (χ0) is 18.4. The van der Waals surface area contributed by atoms with Gasteiger partial charge in [-0.1, -0.05) is 16.6 Å². The molecule has 0 saturated carbocycles. The summed E-state index contributed by atoms with van der Waals surface area (Å²) in [4.78, 5) is 16.8. The van der Waals surface area contributed by atoms with Gasteiger partial charge in [-0.05, 0) is 48.4 Å². The Morgan fingerprint density at radius 3 is 2.48 bits per heavy atom. The van der Waals surface area contributed by atoms with E-state index in [1.165, 1.54) is 50.6 Å². The van der Waals surface area contributed by atoms with Gasteiger partial charge in [-0.3, -0.25) is 9.63 Å². The molecule has 25 heavy (non-hydrogen) atoms. The summed E-state index contributed by atoms with van der Waals surface area (Å²) >= 11 is 0. The van der Waals surface area contributed by atoms with Gasteiger partial charge in [0, 0.05) is 19.2 Å². The minimum atomic E-state index is -3.74. The number of hydrogen-bond acceptors (Lipinski definition) is 4. The molecule has 1 amide bonds. The average molecular weight is 366 g/mol. The second kappa shape index (κ2) is 8.19. The van der Waals surface area contributed by atoms with E-state index in [9.17, 15) is 17.6 Å². The zero-order valence-electron chi connectivity index (χ0n) is 13.9. The van der Waals surface area contributed by atoms with Crippen molar-refractivity contribution in [3.63, 3.8) is 0 Å². The number of hydroxylamine groups is 1. The highest BCUT2D eigenvalue weighted by atomic mass is 32.2. The molecular weight excluding hydrogens is 347 g/mol. The number of amides is 1. The molecule has 0 aliphatic rings. The van der Waals surface area contributed by atoms with Crippen LogP contribution < -0.4 is 5.32 Å². The first-order valence-corrected chi connectivity index (χ1v) is 8.94. The van der Waals surface area contributed by atoms with Gasteiger partial charge < -0.3 is 5.32 Å². The molecule has 0 aliphatic heterocycles. The molecule has 0 radical (unpaired) electrons. The Labute approximate surface area is 146 Å². The standard InChI is InChI=1S/C17H19FN2O4S/c1-20(24-2)25(22,23)16-8-6-14(7-9-16)17(21)19-11-10-13-4-3-5-15(18)12-13/h3-9,12H,10-11H2,1-2H3,(H,19,21). The molecule has 0 heterocycles. The molecule has 0 saturated heterocycles. The maximum Gasteiger partial charge on any atom is 0.264 e. The minimum absolute atomic E-state index is 0.0214. The third-order valence-corrected chi connectivity index (χ3v) is 5.29. The van der Waals surface area contributed by atoms with Crippen LogP contribution in [0.5, 0.6) is 0 Å². The van der Waals surface area contributed by atoms with E-state index in [1.807, 2.05) is 0 Å². The van der Waals surface area contributed by atoms with Gasteiger partial charge in [0.2, 0.25) is 0 Å². The van der Waals surface area contributed by atoms with E-state index >= 15 is 0 Å². The fraction of sp³-hybridized carbons (Fsp3) is 0.235. The van der Waals surface area contributed by atoms with Crippen LogP contribution in [0.2, 0.25) is 0 Å². The van der Waals surface area contributed by atoms with E-state index < -0.39 is 10.0 Å². The van der Waals surface area contributed by atoms with Crippen molar-refractivity contribution in [2.75, 3.05) is 20.7 Å². The van der Waals surface area contributed by atoms with Gasteiger partial charge >= 0.3 is 0 Å². The maximum atomic E-state index is 13.1. The average Bonchev–Trinajstić information content (AvgIpc) is 2.61. The summed E-state index contributed by atoms with van der Waals surface area (Å²) in [6, 6.07) is 11.7. The molecule has 134 valence electrons. The Bertz CT molecular complexity index is 838. The van der Waals surface area contributed by atoms with Gasteiger partial charge in [0.25, 0.3) is 15.9 Å². The quantitative estimate of drug-likeness (QED) is 0.761. The van der Waals surface area contributed by atoms with Crippen molar-refractivity contribution in [3.8, 4) is 0 Å². The van der Waals surface area contributed by atoms with Crippen molar-refractivity contribution in [1.82, 2.24) is 9.79 Å². The number of benzene rings is 2. The molecule has 0 spiro atoms. The first-order valence-electron chi connectivity index (χ1n) is 7.50. The van der Waals surface area contributed by atoms with Crippen LogP contribution in [0.3, 0.4) is 0 Å². The Kier molecular flexibility index (Phi) is 6.24. The monoisotopic (exact) mass is 366 g/mol. The number of nitrogens with one attached hydrogen (secondary N) is 1. The number of nitrogens with zero attached hydrogens (tertiary/aromatic N) is 1. The molecule has 0 atom stereocenters. The lowest BCUT2D eigenvalue weighted by Crippen LogP contribution is -2.27. The molecule has 0 fully saturated rings. The molecule has 6 nitrogen and oxygen atoms in total. The minimum Gasteiger partial charge on any atom is -0.352 e. The number of halogens is 1. The number of hydrogen-bond donors (Lipinski definition) is 1. The van der Waals surface area contributed by atoms with Crippen LogP contribution in [0.1, 0.15) is 15.9 Å². The summed E-state index contributed by atoms with van der Waals surface area (Å²) in [6.45, 7) is 0.342. The predicted octanol–water partition coefficient (Wildman–Crippen LogP) is 1.98. The van der Waals surface area contributed by atoms with Gasteiger partial charge in [0.05, 0.1) is 12.0 Å². The van der Waals surface area contributed by atoms with Crippen molar-refractivity contribution in [1.29, 1.82) is 0 Å². The van der Waals surface area contributed by atoms with Crippen LogP contribution in [-0.2, 0) is 21.3 Å². The molecule has 2 rings (SSSR count). The third-order valence-electron chi connectivity index (χ3n) is 3.60. The van der Waals surface area contributed by atoms with Crippen LogP contribution in [0, 0.1) is 5.82 Å². The molecule has 0 unspecified atom stereocenters. The Hall–Kier alpha value is -2.29. The van der Waals surface area contributed by atoms with E-state index in [0.717, 1.165) is 10.0 Å². The molecule has 0 aliphatic carbocycles. The van der Waals surface area contributed by atoms with Crippen molar-refractivity contribution in [2.24, 2.45) is 0 Å². The topological polar surface area (TPSA) is 75.7 Å². The van der Waals surface area contributed by atoms with Gasteiger partial charge in [-0.25, -0.2) is 12.8 Å². The largest absolute Gasteiger partial charge is 0.352 e. The van der Waals surface area contributed by atoms with Crippen LogP contribution in [-0.4, -0.2) is 39.5 Å². The Morgan fingerprint density at radius 1 is 1.20 bits per heavy atom. The summed E-state index contributed by atoms with van der Waals surface area (Å²) in [5.41, 5.74) is 1.11. The van der Waals surface area contributed by atoms with E-state index in [2.05, 4.69) is 5.32 Å². The third kappa shape index (κ3) is 4.85. The second-order valence-corrected chi connectivity index (χ2v) is 7.19. The highest BCUT2D eigenvalue weighted by Gasteiger charge is 2.20. The van der Waals surface area contributed by atoms with Gasteiger partial charge in [-0.15, -0.1) is 0 Å². The number of sulfonamides is 1. The smallest absolute Gasteiger partial charge is 0.264 e. The van der Waals surface area contributed by atoms with Crippen LogP contribution >= 0.6 is 0 Å². The number of rotatable bonds is 7. The fourth-order valence-corrected chi connectivity index (χ4v) is 3.11. The summed E-state index contributed by atoms with van der Waals surface area (Å²) in [6.07, 6.45) is 0.495. The number of carbonyl (C=O) groups is 1. The maximum absolute atomic E-state index is 13.1. The highest BCUT2D eigenvalue weighted by molar-refractivity contribution is 7.89. The SMILES string of the molecule is CON(C)S(=O)(=O)c1ccc(C(=O)NCCc2cccc(F)c2)cc1. The van der Waals surface area contributed by atoms with E-state index in [4.69, 9.17) is 4.84 Å². The molecule has 0 bridgehead atoms. The molecule has 0 aromatic heterocycles. The van der Waals surface area contributed by atoms with Crippen LogP contribution in [0.4, 0.5) is 4.39 Å². The number of carbonyl (C=O) groups excluding carboxylic acids is 1. The van der Waals surface area contributed by atoms with E-state index in [-0.39, 0.29) is 16.6 Å². The van der Waals surface area contributed by atoms with Gasteiger partial charge in [0.1, 0.15) is 5.82 Å². The molecule has 2 aromatic rings. The predicted molar refractivity (Wildman–Crippen MR) is 90.8 cm³/mol. The van der Waals surface area contributed by atoms with Crippen molar-refractivity contribution >= 4 is 15.9 Å². The Balaban J connectivity index is 1.96. The summed E-state index contributed by atoms with van der Waals surface area (Å²) in [7, 11) is -1.22. The van der Waals surface area contributed by atoms with E-state index in [1.54, 1.807) is 12.1 Å². The summed E-state index contributed by atoms with van der Waals surface area (Å²) < 4.78 is 38.0. The molecule has 1 N–H and O–H groups in total. The van der Waals surface area contributed by atoms with Gasteiger partial charge in [-0.2, -0.15) is 0 Å². The van der Waals surface area contributed by atoms with Crippen molar-refractivity contribution in [3.05, 3.63) is 65.5 Å². The highest BCUT2D eigenvalue weighted by Crippen LogP contribution is 2.15. The lowest BCUT2D eigenvalue weighted by atomic mass is 10.1. The fourth-order valence-electron chi connectivity index (χ4n) is 2.14. The second-order valence-electron chi connectivity index (χ2n) is 5.26.